The molecule has 0 bridgehead atoms. The summed E-state index contributed by atoms with van der Waals surface area (Å²) in [4.78, 5) is 46.1. The first-order valence-electron chi connectivity index (χ1n) is 8.32. The zero-order chi connectivity index (χ0) is 18.1. The molecule has 136 valence electrons. The van der Waals surface area contributed by atoms with Gasteiger partial charge in [-0.25, -0.2) is 0 Å². The molecule has 24 heavy (non-hydrogen) atoms. The van der Waals surface area contributed by atoms with Crippen molar-refractivity contribution in [2.75, 3.05) is 19.6 Å². The van der Waals surface area contributed by atoms with Gasteiger partial charge in [-0.1, -0.05) is 19.8 Å². The second-order valence-electron chi connectivity index (χ2n) is 6.24. The zero-order valence-electron chi connectivity index (χ0n) is 14.0. The summed E-state index contributed by atoms with van der Waals surface area (Å²) in [6.45, 7) is 0.877. The van der Waals surface area contributed by atoms with Crippen molar-refractivity contribution in [3.63, 3.8) is 0 Å². The molecule has 0 heterocycles. The predicted octanol–water partition coefficient (Wildman–Crippen LogP) is 0.707. The van der Waals surface area contributed by atoms with Crippen molar-refractivity contribution in [3.8, 4) is 0 Å². The van der Waals surface area contributed by atoms with Crippen molar-refractivity contribution in [2.45, 2.75) is 45.4 Å². The van der Waals surface area contributed by atoms with Crippen molar-refractivity contribution < 1.29 is 29.4 Å². The predicted molar refractivity (Wildman–Crippen MR) is 85.2 cm³/mol. The lowest BCUT2D eigenvalue weighted by Crippen LogP contribution is -2.41. The molecule has 0 spiro atoms. The Hall–Kier alpha value is -2.12. The zero-order valence-corrected chi connectivity index (χ0v) is 14.0. The third kappa shape index (κ3) is 6.97. The average molecular weight is 342 g/mol. The Morgan fingerprint density at radius 3 is 2.25 bits per heavy atom. The molecule has 2 unspecified atom stereocenters. The lowest BCUT2D eigenvalue weighted by molar-refractivity contribution is -0.149. The number of carboxylic acids is 2. The Morgan fingerprint density at radius 2 is 1.71 bits per heavy atom. The van der Waals surface area contributed by atoms with Gasteiger partial charge in [-0.3, -0.25) is 19.2 Å². The first-order valence-corrected chi connectivity index (χ1v) is 8.32. The fraction of sp³-hybridized carbons (Fsp3) is 0.750. The van der Waals surface area contributed by atoms with Gasteiger partial charge in [0.1, 0.15) is 13.1 Å². The van der Waals surface area contributed by atoms with E-state index >= 15 is 0 Å². The van der Waals surface area contributed by atoms with Gasteiger partial charge in [-0.15, -0.1) is 0 Å². The van der Waals surface area contributed by atoms with E-state index in [-0.39, 0.29) is 24.8 Å². The number of carbonyl (C=O) groups excluding carboxylic acids is 2. The van der Waals surface area contributed by atoms with Gasteiger partial charge >= 0.3 is 11.9 Å². The first-order chi connectivity index (χ1) is 11.3. The number of hydrogen-bond donors (Lipinski definition) is 3. The summed E-state index contributed by atoms with van der Waals surface area (Å²) in [6.07, 6.45) is 4.90. The van der Waals surface area contributed by atoms with Crippen LogP contribution in [0, 0.1) is 11.8 Å². The minimum Gasteiger partial charge on any atom is -0.480 e. The summed E-state index contributed by atoms with van der Waals surface area (Å²) >= 11 is 0. The van der Waals surface area contributed by atoms with E-state index in [2.05, 4.69) is 12.2 Å². The van der Waals surface area contributed by atoms with Gasteiger partial charge in [-0.05, 0) is 25.2 Å². The molecular formula is C16H26N2O6. The molecule has 0 aromatic carbocycles. The van der Waals surface area contributed by atoms with Crippen LogP contribution in [-0.2, 0) is 19.2 Å². The molecule has 0 aliphatic heterocycles. The van der Waals surface area contributed by atoms with Gasteiger partial charge < -0.3 is 20.4 Å². The molecule has 1 saturated carbocycles. The number of rotatable bonds is 10. The Morgan fingerprint density at radius 1 is 1.08 bits per heavy atom. The summed E-state index contributed by atoms with van der Waals surface area (Å²) in [5.74, 6) is -2.66. The number of amides is 2. The summed E-state index contributed by atoms with van der Waals surface area (Å²) in [5, 5.41) is 20.1. The Labute approximate surface area is 141 Å². The normalized spacial score (nSPS) is 19.7. The maximum Gasteiger partial charge on any atom is 0.323 e. The van der Waals surface area contributed by atoms with Crippen LogP contribution in [-0.4, -0.2) is 58.5 Å². The van der Waals surface area contributed by atoms with Gasteiger partial charge in [0, 0.05) is 18.9 Å². The van der Waals surface area contributed by atoms with Crippen LogP contribution in [0.15, 0.2) is 0 Å². The first kappa shape index (κ1) is 19.9. The SMILES string of the molecule is CCCC1CCC(C(=O)NCCC(=O)N(CC(=O)O)CC(=O)O)C1. The second kappa shape index (κ2) is 9.89. The third-order valence-electron chi connectivity index (χ3n) is 4.25. The maximum atomic E-state index is 12.1. The number of nitrogens with one attached hydrogen (secondary N) is 1. The van der Waals surface area contributed by atoms with E-state index in [0.717, 1.165) is 37.0 Å². The van der Waals surface area contributed by atoms with E-state index in [4.69, 9.17) is 10.2 Å². The fourth-order valence-electron chi connectivity index (χ4n) is 3.14. The van der Waals surface area contributed by atoms with Crippen LogP contribution in [0.25, 0.3) is 0 Å². The highest BCUT2D eigenvalue weighted by Gasteiger charge is 2.29. The Kier molecular flexibility index (Phi) is 8.21. The van der Waals surface area contributed by atoms with E-state index in [0.29, 0.717) is 5.92 Å². The van der Waals surface area contributed by atoms with E-state index in [1.54, 1.807) is 0 Å². The summed E-state index contributed by atoms with van der Waals surface area (Å²) < 4.78 is 0. The van der Waals surface area contributed by atoms with Crippen LogP contribution in [0.2, 0.25) is 0 Å². The molecule has 8 nitrogen and oxygen atoms in total. The van der Waals surface area contributed by atoms with Crippen molar-refractivity contribution in [1.29, 1.82) is 0 Å². The maximum absolute atomic E-state index is 12.1. The lowest BCUT2D eigenvalue weighted by Gasteiger charge is -2.19. The molecule has 8 heteroatoms. The Bertz CT molecular complexity index is 463. The summed E-state index contributed by atoms with van der Waals surface area (Å²) in [7, 11) is 0. The number of aliphatic carboxylic acids is 2. The van der Waals surface area contributed by atoms with Crippen LogP contribution in [0.4, 0.5) is 0 Å². The largest absolute Gasteiger partial charge is 0.480 e. The van der Waals surface area contributed by atoms with Crippen LogP contribution in [0.3, 0.4) is 0 Å². The lowest BCUT2D eigenvalue weighted by atomic mass is 10.00. The van der Waals surface area contributed by atoms with Crippen LogP contribution < -0.4 is 5.32 Å². The van der Waals surface area contributed by atoms with Crippen molar-refractivity contribution in [3.05, 3.63) is 0 Å². The number of carboxylic acid groups (broad SMARTS) is 2. The smallest absolute Gasteiger partial charge is 0.323 e. The van der Waals surface area contributed by atoms with E-state index in [1.165, 1.54) is 0 Å². The van der Waals surface area contributed by atoms with E-state index in [9.17, 15) is 19.2 Å². The Balaban J connectivity index is 2.36. The molecule has 2 atom stereocenters. The second-order valence-corrected chi connectivity index (χ2v) is 6.24. The van der Waals surface area contributed by atoms with Crippen molar-refractivity contribution in [2.24, 2.45) is 11.8 Å². The van der Waals surface area contributed by atoms with Crippen molar-refractivity contribution >= 4 is 23.8 Å². The summed E-state index contributed by atoms with van der Waals surface area (Å²) in [6, 6.07) is 0. The molecule has 1 rings (SSSR count). The quantitative estimate of drug-likeness (QED) is 0.537. The van der Waals surface area contributed by atoms with E-state index in [1.807, 2.05) is 0 Å². The van der Waals surface area contributed by atoms with Crippen LogP contribution >= 0.6 is 0 Å². The van der Waals surface area contributed by atoms with Crippen LogP contribution in [0.1, 0.15) is 45.4 Å². The molecule has 1 aliphatic carbocycles. The highest BCUT2D eigenvalue weighted by Crippen LogP contribution is 2.33. The molecule has 0 saturated heterocycles. The molecule has 0 aromatic rings. The topological polar surface area (TPSA) is 124 Å². The van der Waals surface area contributed by atoms with Gasteiger partial charge in [-0.2, -0.15) is 0 Å². The molecule has 2 amide bonds. The molecular weight excluding hydrogens is 316 g/mol. The monoisotopic (exact) mass is 342 g/mol. The average Bonchev–Trinajstić information content (AvgIpc) is 2.94. The molecule has 3 N–H and O–H groups in total. The van der Waals surface area contributed by atoms with Crippen molar-refractivity contribution in [1.82, 2.24) is 10.2 Å². The minimum atomic E-state index is -1.28. The highest BCUT2D eigenvalue weighted by atomic mass is 16.4. The molecule has 0 radical (unpaired) electrons. The van der Waals surface area contributed by atoms with Gasteiger partial charge in [0.05, 0.1) is 0 Å². The molecule has 1 aliphatic rings. The minimum absolute atomic E-state index is 0.0224. The van der Waals surface area contributed by atoms with E-state index < -0.39 is 30.9 Å². The van der Waals surface area contributed by atoms with Gasteiger partial charge in [0.2, 0.25) is 11.8 Å². The standard InChI is InChI=1S/C16H26N2O6/c1-2-3-11-4-5-12(8-11)16(24)17-7-6-13(19)18(9-14(20)21)10-15(22)23/h11-12H,2-10H2,1H3,(H,17,24)(H,20,21)(H,22,23). The number of nitrogens with zero attached hydrogens (tertiary/aromatic N) is 1. The molecule has 0 aromatic heterocycles. The van der Waals surface area contributed by atoms with Crippen LogP contribution in [0.5, 0.6) is 0 Å². The van der Waals surface area contributed by atoms with Gasteiger partial charge in [0.15, 0.2) is 0 Å². The molecule has 1 fully saturated rings. The third-order valence-corrected chi connectivity index (χ3v) is 4.25. The fourth-order valence-corrected chi connectivity index (χ4v) is 3.14. The number of carbonyl (C=O) groups is 4. The summed E-state index contributed by atoms with van der Waals surface area (Å²) in [5.41, 5.74) is 0. The highest BCUT2D eigenvalue weighted by molar-refractivity contribution is 5.85. The van der Waals surface area contributed by atoms with Gasteiger partial charge in [0.25, 0.3) is 0 Å². The number of hydrogen-bond acceptors (Lipinski definition) is 4.